The van der Waals surface area contributed by atoms with Crippen LogP contribution in [0.3, 0.4) is 0 Å². The highest BCUT2D eigenvalue weighted by molar-refractivity contribution is 5.76. The minimum absolute atomic E-state index is 0.209. The van der Waals surface area contributed by atoms with E-state index in [1.54, 1.807) is 7.11 Å². The molecule has 0 aliphatic heterocycles. The molecular weight excluding hydrogens is 250 g/mol. The second-order valence-electron chi connectivity index (χ2n) is 5.23. The number of nitrogens with two attached hydrogens (primary N) is 1. The van der Waals surface area contributed by atoms with Gasteiger partial charge in [0.05, 0.1) is 33.0 Å². The maximum absolute atomic E-state index is 11.6. The maximum Gasteiger partial charge on any atom is 0.323 e. The van der Waals surface area contributed by atoms with E-state index in [-0.39, 0.29) is 12.0 Å². The number of hydrogen-bond donors (Lipinski definition) is 1. The molecule has 0 bridgehead atoms. The number of hydrogen-bond acceptors (Lipinski definition) is 6. The van der Waals surface area contributed by atoms with Crippen molar-refractivity contribution in [3.05, 3.63) is 0 Å². The predicted molar refractivity (Wildman–Crippen MR) is 71.9 cm³/mol. The lowest BCUT2D eigenvalue weighted by Gasteiger charge is -2.24. The highest BCUT2D eigenvalue weighted by Crippen LogP contribution is 2.17. The monoisotopic (exact) mass is 277 g/mol. The van der Waals surface area contributed by atoms with E-state index in [1.165, 1.54) is 0 Å². The summed E-state index contributed by atoms with van der Waals surface area (Å²) in [6, 6.07) is -0.620. The van der Waals surface area contributed by atoms with Crippen molar-refractivity contribution in [3.8, 4) is 0 Å². The molecule has 0 aliphatic carbocycles. The van der Waals surface area contributed by atoms with Gasteiger partial charge in [-0.25, -0.2) is 0 Å². The van der Waals surface area contributed by atoms with E-state index in [0.717, 1.165) is 0 Å². The largest absolute Gasteiger partial charge is 0.462 e. The van der Waals surface area contributed by atoms with Crippen LogP contribution in [0.1, 0.15) is 20.8 Å². The molecule has 0 amide bonds. The van der Waals surface area contributed by atoms with Crippen LogP contribution < -0.4 is 5.73 Å². The first kappa shape index (κ1) is 18.3. The zero-order chi connectivity index (χ0) is 14.7. The van der Waals surface area contributed by atoms with Gasteiger partial charge in [0.1, 0.15) is 12.6 Å². The Hall–Kier alpha value is -0.690. The van der Waals surface area contributed by atoms with Gasteiger partial charge in [0.25, 0.3) is 0 Å². The van der Waals surface area contributed by atoms with E-state index in [9.17, 15) is 4.79 Å². The van der Waals surface area contributed by atoms with Gasteiger partial charge in [0, 0.05) is 7.11 Å². The van der Waals surface area contributed by atoms with E-state index in [4.69, 9.17) is 24.7 Å². The molecule has 0 fully saturated rings. The molecule has 0 heterocycles. The van der Waals surface area contributed by atoms with Crippen LogP contribution in [0.5, 0.6) is 0 Å². The van der Waals surface area contributed by atoms with Gasteiger partial charge in [-0.2, -0.15) is 0 Å². The topological polar surface area (TPSA) is 80.0 Å². The van der Waals surface area contributed by atoms with Crippen LogP contribution in [-0.2, 0) is 23.7 Å². The smallest absolute Gasteiger partial charge is 0.323 e. The molecule has 2 N–H and O–H groups in total. The first-order valence-corrected chi connectivity index (χ1v) is 6.46. The average molecular weight is 277 g/mol. The summed E-state index contributed by atoms with van der Waals surface area (Å²) in [5.74, 6) is -0.396. The summed E-state index contributed by atoms with van der Waals surface area (Å²) in [6.07, 6.45) is 0. The average Bonchev–Trinajstić information content (AvgIpc) is 2.34. The molecule has 0 aromatic carbocycles. The van der Waals surface area contributed by atoms with E-state index >= 15 is 0 Å². The molecule has 0 saturated carbocycles. The normalized spacial score (nSPS) is 13.3. The van der Waals surface area contributed by atoms with Crippen molar-refractivity contribution in [2.75, 3.05) is 46.8 Å². The molecule has 6 heteroatoms. The summed E-state index contributed by atoms with van der Waals surface area (Å²) in [7, 11) is 1.62. The minimum atomic E-state index is -0.620. The van der Waals surface area contributed by atoms with Gasteiger partial charge >= 0.3 is 5.97 Å². The Morgan fingerprint density at radius 2 is 1.47 bits per heavy atom. The Labute approximate surface area is 115 Å². The Kier molecular flexibility index (Phi) is 9.77. The molecule has 1 atom stereocenters. The molecule has 114 valence electrons. The highest BCUT2D eigenvalue weighted by atomic mass is 16.6. The number of carbonyl (C=O) groups is 1. The molecule has 0 unspecified atom stereocenters. The highest BCUT2D eigenvalue weighted by Gasteiger charge is 2.28. The zero-order valence-electron chi connectivity index (χ0n) is 12.4. The van der Waals surface area contributed by atoms with Crippen LogP contribution in [0.25, 0.3) is 0 Å². The van der Waals surface area contributed by atoms with Crippen molar-refractivity contribution in [3.63, 3.8) is 0 Å². The fraction of sp³-hybridized carbons (Fsp3) is 0.923. The fourth-order valence-electron chi connectivity index (χ4n) is 1.11. The fourth-order valence-corrected chi connectivity index (χ4v) is 1.11. The molecule has 0 radical (unpaired) electrons. The van der Waals surface area contributed by atoms with Crippen molar-refractivity contribution in [1.29, 1.82) is 0 Å². The third-order valence-corrected chi connectivity index (χ3v) is 2.46. The van der Waals surface area contributed by atoms with Gasteiger partial charge in [-0.05, 0) is 5.41 Å². The first-order valence-electron chi connectivity index (χ1n) is 6.46. The van der Waals surface area contributed by atoms with Crippen LogP contribution in [0.15, 0.2) is 0 Å². The number of carbonyl (C=O) groups excluding carboxylic acids is 1. The number of methoxy groups -OCH3 is 1. The summed E-state index contributed by atoms with van der Waals surface area (Å²) in [4.78, 5) is 11.6. The van der Waals surface area contributed by atoms with E-state index < -0.39 is 12.0 Å². The second kappa shape index (κ2) is 10.1. The van der Waals surface area contributed by atoms with E-state index in [0.29, 0.717) is 33.0 Å². The molecule has 19 heavy (non-hydrogen) atoms. The van der Waals surface area contributed by atoms with E-state index in [1.807, 2.05) is 20.8 Å². The Morgan fingerprint density at radius 3 is 1.95 bits per heavy atom. The summed E-state index contributed by atoms with van der Waals surface area (Å²) >= 11 is 0. The molecule has 0 spiro atoms. The van der Waals surface area contributed by atoms with Gasteiger partial charge < -0.3 is 24.7 Å². The molecular formula is C13H27NO5. The van der Waals surface area contributed by atoms with E-state index in [2.05, 4.69) is 0 Å². The Balaban J connectivity index is 3.42. The molecule has 0 aliphatic rings. The lowest BCUT2D eigenvalue weighted by molar-refractivity contribution is -0.149. The number of ether oxygens (including phenoxy) is 4. The third-order valence-electron chi connectivity index (χ3n) is 2.46. The lowest BCUT2D eigenvalue weighted by Crippen LogP contribution is -2.43. The minimum Gasteiger partial charge on any atom is -0.462 e. The summed E-state index contributed by atoms with van der Waals surface area (Å²) in [6.45, 7) is 8.33. The lowest BCUT2D eigenvalue weighted by atomic mass is 9.87. The van der Waals surface area contributed by atoms with Crippen molar-refractivity contribution in [2.45, 2.75) is 26.8 Å². The third kappa shape index (κ3) is 9.84. The van der Waals surface area contributed by atoms with Crippen LogP contribution in [-0.4, -0.2) is 58.8 Å². The quantitative estimate of drug-likeness (QED) is 0.465. The first-order chi connectivity index (χ1) is 8.89. The number of esters is 1. The van der Waals surface area contributed by atoms with Gasteiger partial charge in [-0.1, -0.05) is 20.8 Å². The van der Waals surface area contributed by atoms with Gasteiger partial charge in [-0.15, -0.1) is 0 Å². The molecule has 6 nitrogen and oxygen atoms in total. The summed E-state index contributed by atoms with van der Waals surface area (Å²) < 4.78 is 20.3. The molecule has 0 aromatic heterocycles. The summed E-state index contributed by atoms with van der Waals surface area (Å²) in [5.41, 5.74) is 5.46. The van der Waals surface area contributed by atoms with Gasteiger partial charge in [0.15, 0.2) is 0 Å². The SMILES string of the molecule is COCCOCCOCCOC(=O)[C@@H](N)C(C)(C)C. The molecule has 0 rings (SSSR count). The maximum atomic E-state index is 11.6. The second-order valence-corrected chi connectivity index (χ2v) is 5.23. The van der Waals surface area contributed by atoms with Crippen LogP contribution in [0.2, 0.25) is 0 Å². The van der Waals surface area contributed by atoms with Crippen LogP contribution in [0, 0.1) is 5.41 Å². The van der Waals surface area contributed by atoms with Crippen LogP contribution >= 0.6 is 0 Å². The zero-order valence-corrected chi connectivity index (χ0v) is 12.4. The van der Waals surface area contributed by atoms with Crippen LogP contribution in [0.4, 0.5) is 0 Å². The Bertz CT molecular complexity index is 240. The predicted octanol–water partition coefficient (Wildman–Crippen LogP) is 0.583. The van der Waals surface area contributed by atoms with Crippen molar-refractivity contribution >= 4 is 5.97 Å². The number of rotatable bonds is 10. The van der Waals surface area contributed by atoms with Crippen molar-refractivity contribution in [1.82, 2.24) is 0 Å². The van der Waals surface area contributed by atoms with Crippen molar-refractivity contribution < 1.29 is 23.7 Å². The van der Waals surface area contributed by atoms with Gasteiger partial charge in [0.2, 0.25) is 0 Å². The standard InChI is InChI=1S/C13H27NO5/c1-13(2,3)11(14)12(15)19-10-9-18-8-7-17-6-5-16-4/h11H,5-10,14H2,1-4H3/t11-/m1/s1. The Morgan fingerprint density at radius 1 is 1.00 bits per heavy atom. The molecule has 0 saturated heterocycles. The van der Waals surface area contributed by atoms with Gasteiger partial charge in [-0.3, -0.25) is 4.79 Å². The molecule has 0 aromatic rings. The summed E-state index contributed by atoms with van der Waals surface area (Å²) in [5, 5.41) is 0. The van der Waals surface area contributed by atoms with Crippen molar-refractivity contribution in [2.24, 2.45) is 11.1 Å².